The molecular weight excluding hydrogens is 302 g/mol. The van der Waals surface area contributed by atoms with Crippen LogP contribution in [0.5, 0.6) is 0 Å². The number of H-pyrrole nitrogens is 1. The summed E-state index contributed by atoms with van der Waals surface area (Å²) in [5.41, 5.74) is 1.43. The lowest BCUT2D eigenvalue weighted by molar-refractivity contribution is -0.131. The fourth-order valence-electron chi connectivity index (χ4n) is 2.82. The average molecular weight is 320 g/mol. The molecule has 0 atom stereocenters. The van der Waals surface area contributed by atoms with Crippen molar-refractivity contribution < 1.29 is 9.59 Å². The van der Waals surface area contributed by atoms with E-state index in [1.807, 2.05) is 13.0 Å². The van der Waals surface area contributed by atoms with Crippen LogP contribution in [0, 0.1) is 6.92 Å². The Morgan fingerprint density at radius 2 is 2.00 bits per heavy atom. The zero-order valence-corrected chi connectivity index (χ0v) is 13.5. The van der Waals surface area contributed by atoms with Gasteiger partial charge in [0.25, 0.3) is 5.91 Å². The topological polar surface area (TPSA) is 65.2 Å². The average Bonchev–Trinajstić information content (AvgIpc) is 3.14. The molecule has 1 heterocycles. The van der Waals surface area contributed by atoms with E-state index >= 15 is 0 Å². The van der Waals surface area contributed by atoms with E-state index in [1.54, 1.807) is 26.2 Å². The third-order valence-electron chi connectivity index (χ3n) is 4.09. The van der Waals surface area contributed by atoms with Gasteiger partial charge in [0, 0.05) is 35.7 Å². The number of nitrogens with one attached hydrogen (secondary N) is 2. The van der Waals surface area contributed by atoms with Crippen LogP contribution in [0.1, 0.15) is 28.9 Å². The molecule has 116 valence electrons. The fraction of sp³-hybridized carbons (Fsp3) is 0.375. The molecule has 1 saturated carbocycles. The quantitative estimate of drug-likeness (QED) is 0.912. The molecule has 1 aliphatic carbocycles. The normalized spacial score (nSPS) is 15.6. The van der Waals surface area contributed by atoms with Crippen LogP contribution < -0.4 is 5.32 Å². The van der Waals surface area contributed by atoms with Gasteiger partial charge >= 0.3 is 0 Å². The number of aryl methyl sites for hydroxylation is 1. The van der Waals surface area contributed by atoms with Gasteiger partial charge in [-0.15, -0.1) is 0 Å². The number of benzene rings is 1. The van der Waals surface area contributed by atoms with Crippen molar-refractivity contribution in [2.75, 3.05) is 14.1 Å². The lowest BCUT2D eigenvalue weighted by Gasteiger charge is -2.21. The number of aromatic amines is 1. The summed E-state index contributed by atoms with van der Waals surface area (Å²) in [4.78, 5) is 29.6. The summed E-state index contributed by atoms with van der Waals surface area (Å²) in [6.45, 7) is 1.84. The molecule has 1 aromatic carbocycles. The summed E-state index contributed by atoms with van der Waals surface area (Å²) in [6, 6.07) is 5.39. The van der Waals surface area contributed by atoms with Crippen LogP contribution in [0.2, 0.25) is 5.02 Å². The molecule has 5 nitrogen and oxygen atoms in total. The molecule has 0 radical (unpaired) electrons. The Balaban J connectivity index is 1.95. The lowest BCUT2D eigenvalue weighted by atomic mass is 10.1. The van der Waals surface area contributed by atoms with Crippen LogP contribution in [0.3, 0.4) is 0 Å². The van der Waals surface area contributed by atoms with E-state index in [0.29, 0.717) is 23.4 Å². The maximum atomic E-state index is 12.7. The SMILES string of the molecule is Cc1[nH]c2ccc(Cl)cc2c1C(=O)NC1(C(=O)N(C)C)CC1. The van der Waals surface area contributed by atoms with Gasteiger partial charge in [0.05, 0.1) is 5.56 Å². The van der Waals surface area contributed by atoms with Crippen molar-refractivity contribution in [2.45, 2.75) is 25.3 Å². The Labute approximate surface area is 133 Å². The molecule has 3 rings (SSSR count). The van der Waals surface area contributed by atoms with E-state index in [0.717, 1.165) is 16.6 Å². The van der Waals surface area contributed by atoms with Gasteiger partial charge in [-0.2, -0.15) is 0 Å². The van der Waals surface area contributed by atoms with Crippen molar-refractivity contribution in [3.05, 3.63) is 34.5 Å². The van der Waals surface area contributed by atoms with Crippen LogP contribution in [-0.4, -0.2) is 41.3 Å². The number of carbonyl (C=O) groups is 2. The molecule has 0 unspecified atom stereocenters. The number of likely N-dealkylation sites (N-methyl/N-ethyl adjacent to an activating group) is 1. The molecule has 22 heavy (non-hydrogen) atoms. The Kier molecular flexibility index (Phi) is 3.40. The van der Waals surface area contributed by atoms with Crippen LogP contribution in [0.4, 0.5) is 0 Å². The fourth-order valence-corrected chi connectivity index (χ4v) is 2.99. The summed E-state index contributed by atoms with van der Waals surface area (Å²) < 4.78 is 0. The van der Waals surface area contributed by atoms with Gasteiger partial charge in [0.2, 0.25) is 5.91 Å². The number of fused-ring (bicyclic) bond motifs is 1. The highest BCUT2D eigenvalue weighted by molar-refractivity contribution is 6.31. The maximum Gasteiger partial charge on any atom is 0.254 e. The molecular formula is C16H18ClN3O2. The predicted octanol–water partition coefficient (Wildman–Crippen LogP) is 2.48. The van der Waals surface area contributed by atoms with Gasteiger partial charge < -0.3 is 15.2 Å². The first kappa shape index (κ1) is 14.9. The number of halogens is 1. The Bertz CT molecular complexity index is 775. The summed E-state index contributed by atoms with van der Waals surface area (Å²) in [6.07, 6.45) is 1.36. The predicted molar refractivity (Wildman–Crippen MR) is 86.2 cm³/mol. The van der Waals surface area contributed by atoms with Gasteiger partial charge in [0.15, 0.2) is 0 Å². The number of carbonyl (C=O) groups excluding carboxylic acids is 2. The van der Waals surface area contributed by atoms with E-state index in [9.17, 15) is 9.59 Å². The molecule has 0 aliphatic heterocycles. The van der Waals surface area contributed by atoms with Crippen molar-refractivity contribution in [2.24, 2.45) is 0 Å². The number of hydrogen-bond acceptors (Lipinski definition) is 2. The largest absolute Gasteiger partial charge is 0.358 e. The highest BCUT2D eigenvalue weighted by Crippen LogP contribution is 2.37. The first-order valence-electron chi connectivity index (χ1n) is 7.16. The molecule has 0 spiro atoms. The first-order valence-corrected chi connectivity index (χ1v) is 7.54. The summed E-state index contributed by atoms with van der Waals surface area (Å²) in [7, 11) is 3.40. The second-order valence-corrected chi connectivity index (χ2v) is 6.49. The third-order valence-corrected chi connectivity index (χ3v) is 4.33. The first-order chi connectivity index (χ1) is 10.3. The third kappa shape index (κ3) is 2.35. The minimum Gasteiger partial charge on any atom is -0.358 e. The second kappa shape index (κ2) is 5.02. The number of rotatable bonds is 3. The second-order valence-electron chi connectivity index (χ2n) is 6.05. The van der Waals surface area contributed by atoms with E-state index in [-0.39, 0.29) is 11.8 Å². The van der Waals surface area contributed by atoms with Gasteiger partial charge in [-0.1, -0.05) is 11.6 Å². The van der Waals surface area contributed by atoms with Crippen LogP contribution in [0.15, 0.2) is 18.2 Å². The van der Waals surface area contributed by atoms with Crippen molar-refractivity contribution >= 4 is 34.3 Å². The molecule has 1 aliphatic rings. The highest BCUT2D eigenvalue weighted by atomic mass is 35.5. The van der Waals surface area contributed by atoms with E-state index < -0.39 is 5.54 Å². The molecule has 1 fully saturated rings. The molecule has 2 amide bonds. The number of nitrogens with zero attached hydrogens (tertiary/aromatic N) is 1. The molecule has 1 aromatic heterocycles. The Morgan fingerprint density at radius 3 is 2.59 bits per heavy atom. The maximum absolute atomic E-state index is 12.7. The van der Waals surface area contributed by atoms with Crippen LogP contribution in [0.25, 0.3) is 10.9 Å². The molecule has 0 bridgehead atoms. The van der Waals surface area contributed by atoms with Crippen molar-refractivity contribution in [3.63, 3.8) is 0 Å². The van der Waals surface area contributed by atoms with Crippen LogP contribution >= 0.6 is 11.6 Å². The molecule has 2 N–H and O–H groups in total. The summed E-state index contributed by atoms with van der Waals surface area (Å²) in [5, 5.41) is 4.26. The summed E-state index contributed by atoms with van der Waals surface area (Å²) in [5.74, 6) is -0.296. The van der Waals surface area contributed by atoms with E-state index in [4.69, 9.17) is 11.6 Å². The van der Waals surface area contributed by atoms with Gasteiger partial charge in [0.1, 0.15) is 5.54 Å². The monoisotopic (exact) mass is 319 g/mol. The molecule has 0 saturated heterocycles. The number of hydrogen-bond donors (Lipinski definition) is 2. The van der Waals surface area contributed by atoms with Gasteiger partial charge in [-0.25, -0.2) is 0 Å². The van der Waals surface area contributed by atoms with Crippen molar-refractivity contribution in [1.29, 1.82) is 0 Å². The van der Waals surface area contributed by atoms with E-state index in [1.165, 1.54) is 4.90 Å². The Morgan fingerprint density at radius 1 is 1.32 bits per heavy atom. The smallest absolute Gasteiger partial charge is 0.254 e. The lowest BCUT2D eigenvalue weighted by Crippen LogP contribution is -2.48. The standard InChI is InChI=1S/C16H18ClN3O2/c1-9-13(11-8-10(17)4-5-12(11)18-9)14(21)19-16(6-7-16)15(22)20(2)3/h4-5,8,18H,6-7H2,1-3H3,(H,19,21). The van der Waals surface area contributed by atoms with E-state index in [2.05, 4.69) is 10.3 Å². The summed E-state index contributed by atoms with van der Waals surface area (Å²) >= 11 is 6.04. The highest BCUT2D eigenvalue weighted by Gasteiger charge is 2.52. The van der Waals surface area contributed by atoms with Crippen molar-refractivity contribution in [3.8, 4) is 0 Å². The van der Waals surface area contributed by atoms with Crippen molar-refractivity contribution in [1.82, 2.24) is 15.2 Å². The minimum atomic E-state index is -0.741. The molecule has 2 aromatic rings. The molecule has 6 heteroatoms. The van der Waals surface area contributed by atoms with Gasteiger partial charge in [-0.05, 0) is 38.0 Å². The van der Waals surface area contributed by atoms with Gasteiger partial charge in [-0.3, -0.25) is 9.59 Å². The zero-order chi connectivity index (χ0) is 16.1. The zero-order valence-electron chi connectivity index (χ0n) is 12.8. The number of amides is 2. The number of aromatic nitrogens is 1. The Hall–Kier alpha value is -2.01. The van der Waals surface area contributed by atoms with Crippen LogP contribution in [-0.2, 0) is 4.79 Å². The minimum absolute atomic E-state index is 0.0589.